The van der Waals surface area contributed by atoms with Gasteiger partial charge in [-0.05, 0) is 25.1 Å². The molecular formula is C14H18N4O3. The quantitative estimate of drug-likeness (QED) is 0.766. The molecule has 4 N–H and O–H groups in total. The van der Waals surface area contributed by atoms with Crippen LogP contribution >= 0.6 is 0 Å². The number of benzene rings is 1. The van der Waals surface area contributed by atoms with E-state index in [9.17, 15) is 9.90 Å². The van der Waals surface area contributed by atoms with E-state index >= 15 is 0 Å². The molecule has 1 amide bonds. The Kier molecular flexibility index (Phi) is 4.44. The predicted molar refractivity (Wildman–Crippen MR) is 79.1 cm³/mol. The minimum absolute atomic E-state index is 0.164. The molecule has 1 aromatic carbocycles. The number of nitrogens with one attached hydrogen (secondary N) is 1. The third kappa shape index (κ3) is 3.32. The van der Waals surface area contributed by atoms with Gasteiger partial charge in [0.1, 0.15) is 5.75 Å². The summed E-state index contributed by atoms with van der Waals surface area (Å²) in [5, 5.41) is 16.0. The molecule has 7 nitrogen and oxygen atoms in total. The van der Waals surface area contributed by atoms with E-state index in [0.29, 0.717) is 29.3 Å². The van der Waals surface area contributed by atoms with Crippen LogP contribution in [0.2, 0.25) is 0 Å². The summed E-state index contributed by atoms with van der Waals surface area (Å²) in [6, 6.07) is 5.05. The van der Waals surface area contributed by atoms with Crippen molar-refractivity contribution in [1.82, 2.24) is 9.78 Å². The topological polar surface area (TPSA) is 102 Å². The average Bonchev–Trinajstić information content (AvgIpc) is 2.79. The summed E-state index contributed by atoms with van der Waals surface area (Å²) in [6.45, 7) is 2.19. The van der Waals surface area contributed by atoms with E-state index in [1.165, 1.54) is 4.68 Å². The van der Waals surface area contributed by atoms with Crippen LogP contribution in [0.5, 0.6) is 5.75 Å². The minimum atomic E-state index is -0.402. The van der Waals surface area contributed by atoms with Gasteiger partial charge in [-0.3, -0.25) is 9.48 Å². The normalized spacial score (nSPS) is 10.4. The number of carbonyl (C=O) groups excluding carboxylic acids is 1. The number of aliphatic hydroxyl groups is 1. The van der Waals surface area contributed by atoms with Crippen molar-refractivity contribution in [3.05, 3.63) is 35.7 Å². The molecule has 112 valence electrons. The van der Waals surface area contributed by atoms with E-state index in [4.69, 9.17) is 10.5 Å². The van der Waals surface area contributed by atoms with E-state index in [2.05, 4.69) is 10.4 Å². The third-order valence-electron chi connectivity index (χ3n) is 2.86. The first-order valence-electron chi connectivity index (χ1n) is 6.52. The Morgan fingerprint density at radius 3 is 2.86 bits per heavy atom. The lowest BCUT2D eigenvalue weighted by molar-refractivity contribution is 0.102. The van der Waals surface area contributed by atoms with E-state index < -0.39 is 5.91 Å². The van der Waals surface area contributed by atoms with E-state index in [1.54, 1.807) is 31.4 Å². The number of aromatic nitrogens is 2. The molecular weight excluding hydrogens is 272 g/mol. The summed E-state index contributed by atoms with van der Waals surface area (Å²) < 4.78 is 6.86. The van der Waals surface area contributed by atoms with Gasteiger partial charge in [0, 0.05) is 24.5 Å². The van der Waals surface area contributed by atoms with Crippen molar-refractivity contribution in [1.29, 1.82) is 0 Å². The Morgan fingerprint density at radius 2 is 2.29 bits per heavy atom. The van der Waals surface area contributed by atoms with Gasteiger partial charge < -0.3 is 20.9 Å². The molecule has 2 aromatic rings. The molecule has 0 aliphatic heterocycles. The lowest BCUT2D eigenvalue weighted by atomic mass is 10.2. The molecule has 0 fully saturated rings. The first kappa shape index (κ1) is 14.9. The van der Waals surface area contributed by atoms with Crippen LogP contribution in [0.1, 0.15) is 23.0 Å². The second-order valence-corrected chi connectivity index (χ2v) is 4.47. The molecule has 7 heteroatoms. The Hall–Kier alpha value is -2.54. The second-order valence-electron chi connectivity index (χ2n) is 4.47. The van der Waals surface area contributed by atoms with Gasteiger partial charge in [0.05, 0.1) is 18.9 Å². The van der Waals surface area contributed by atoms with Crippen molar-refractivity contribution < 1.29 is 14.6 Å². The molecule has 1 heterocycles. The molecule has 21 heavy (non-hydrogen) atoms. The standard InChI is InChI=1S/C14H18N4O3/c1-3-21-12-5-4-10(6-9(12)8-19)16-14(20)13-11(15)7-18(2)17-13/h4-7,19H,3,8,15H2,1-2H3,(H,16,20). The molecule has 0 atom stereocenters. The van der Waals surface area contributed by atoms with Crippen LogP contribution in [0.4, 0.5) is 11.4 Å². The van der Waals surface area contributed by atoms with Crippen LogP contribution in [0, 0.1) is 0 Å². The number of rotatable bonds is 5. The maximum absolute atomic E-state index is 12.1. The van der Waals surface area contributed by atoms with Crippen molar-refractivity contribution in [2.45, 2.75) is 13.5 Å². The van der Waals surface area contributed by atoms with E-state index in [1.807, 2.05) is 6.92 Å². The van der Waals surface area contributed by atoms with Crippen molar-refractivity contribution in [2.24, 2.45) is 7.05 Å². The highest BCUT2D eigenvalue weighted by molar-refractivity contribution is 6.06. The van der Waals surface area contributed by atoms with Crippen LogP contribution in [0.25, 0.3) is 0 Å². The number of hydrogen-bond donors (Lipinski definition) is 3. The third-order valence-corrected chi connectivity index (χ3v) is 2.86. The van der Waals surface area contributed by atoms with Gasteiger partial charge >= 0.3 is 0 Å². The van der Waals surface area contributed by atoms with Gasteiger partial charge in [0.25, 0.3) is 5.91 Å². The summed E-state index contributed by atoms with van der Waals surface area (Å²) in [4.78, 5) is 12.1. The number of nitrogens with two attached hydrogens (primary N) is 1. The fourth-order valence-electron chi connectivity index (χ4n) is 1.95. The molecule has 2 rings (SSSR count). The first-order valence-corrected chi connectivity index (χ1v) is 6.52. The number of anilines is 2. The summed E-state index contributed by atoms with van der Waals surface area (Å²) in [5.74, 6) is 0.191. The molecule has 0 radical (unpaired) electrons. The maximum atomic E-state index is 12.1. The molecule has 0 aliphatic carbocycles. The van der Waals surface area contributed by atoms with Crippen LogP contribution in [-0.4, -0.2) is 27.4 Å². The fourth-order valence-corrected chi connectivity index (χ4v) is 1.95. The molecule has 0 unspecified atom stereocenters. The number of carbonyl (C=O) groups is 1. The second kappa shape index (κ2) is 6.27. The highest BCUT2D eigenvalue weighted by atomic mass is 16.5. The largest absolute Gasteiger partial charge is 0.494 e. The minimum Gasteiger partial charge on any atom is -0.494 e. The van der Waals surface area contributed by atoms with Crippen LogP contribution in [0.3, 0.4) is 0 Å². The van der Waals surface area contributed by atoms with Crippen LogP contribution in [0.15, 0.2) is 24.4 Å². The maximum Gasteiger partial charge on any atom is 0.278 e. The fraction of sp³-hybridized carbons (Fsp3) is 0.286. The molecule has 0 saturated heterocycles. The Labute approximate surface area is 122 Å². The molecule has 0 saturated carbocycles. The molecule has 1 aromatic heterocycles. The molecule has 0 spiro atoms. The van der Waals surface area contributed by atoms with Crippen molar-refractivity contribution >= 4 is 17.3 Å². The number of nitrogens with zero attached hydrogens (tertiary/aromatic N) is 2. The summed E-state index contributed by atoms with van der Waals surface area (Å²) >= 11 is 0. The monoisotopic (exact) mass is 290 g/mol. The lowest BCUT2D eigenvalue weighted by Gasteiger charge is -2.11. The Bertz CT molecular complexity index is 652. The zero-order valence-electron chi connectivity index (χ0n) is 12.0. The van der Waals surface area contributed by atoms with Crippen molar-refractivity contribution in [3.8, 4) is 5.75 Å². The Balaban J connectivity index is 2.19. The average molecular weight is 290 g/mol. The number of ether oxygens (including phenoxy) is 1. The highest BCUT2D eigenvalue weighted by Gasteiger charge is 2.15. The SMILES string of the molecule is CCOc1ccc(NC(=O)c2nn(C)cc2N)cc1CO. The van der Waals surface area contributed by atoms with Crippen LogP contribution in [-0.2, 0) is 13.7 Å². The molecule has 0 aliphatic rings. The van der Waals surface area contributed by atoms with Gasteiger partial charge in [-0.1, -0.05) is 0 Å². The van der Waals surface area contributed by atoms with E-state index in [-0.39, 0.29) is 12.3 Å². The zero-order valence-corrected chi connectivity index (χ0v) is 12.0. The van der Waals surface area contributed by atoms with Gasteiger partial charge in [-0.15, -0.1) is 0 Å². The summed E-state index contributed by atoms with van der Waals surface area (Å²) in [6.07, 6.45) is 1.56. The molecule has 0 bridgehead atoms. The number of aryl methyl sites for hydroxylation is 1. The smallest absolute Gasteiger partial charge is 0.278 e. The van der Waals surface area contributed by atoms with Gasteiger partial charge in [0.15, 0.2) is 5.69 Å². The van der Waals surface area contributed by atoms with E-state index in [0.717, 1.165) is 0 Å². The van der Waals surface area contributed by atoms with Crippen molar-refractivity contribution in [2.75, 3.05) is 17.7 Å². The highest BCUT2D eigenvalue weighted by Crippen LogP contribution is 2.23. The number of amides is 1. The number of hydrogen-bond acceptors (Lipinski definition) is 5. The van der Waals surface area contributed by atoms with Gasteiger partial charge in [-0.2, -0.15) is 5.10 Å². The number of aliphatic hydroxyl groups excluding tert-OH is 1. The summed E-state index contributed by atoms with van der Waals surface area (Å²) in [5.41, 5.74) is 7.32. The lowest BCUT2D eigenvalue weighted by Crippen LogP contribution is -2.15. The van der Waals surface area contributed by atoms with Gasteiger partial charge in [-0.25, -0.2) is 0 Å². The predicted octanol–water partition coefficient (Wildman–Crippen LogP) is 1.15. The Morgan fingerprint density at radius 1 is 1.52 bits per heavy atom. The zero-order chi connectivity index (χ0) is 15.4. The summed E-state index contributed by atoms with van der Waals surface area (Å²) in [7, 11) is 1.69. The van der Waals surface area contributed by atoms with Crippen LogP contribution < -0.4 is 15.8 Å². The van der Waals surface area contributed by atoms with Crippen molar-refractivity contribution in [3.63, 3.8) is 0 Å². The van der Waals surface area contributed by atoms with Gasteiger partial charge in [0.2, 0.25) is 0 Å². The first-order chi connectivity index (χ1) is 10.0. The number of nitrogen functional groups attached to an aromatic ring is 1.